The van der Waals surface area contributed by atoms with E-state index in [-0.39, 0.29) is 0 Å². The molecule has 0 bridgehead atoms. The fourth-order valence-electron chi connectivity index (χ4n) is 1.10. The Kier molecular flexibility index (Phi) is 2.35. The summed E-state index contributed by atoms with van der Waals surface area (Å²) in [5.41, 5.74) is 2.32. The minimum Gasteiger partial charge on any atom is -0.432 e. The van der Waals surface area contributed by atoms with Gasteiger partial charge in [-0.15, -0.1) is 0 Å². The predicted octanol–water partition coefficient (Wildman–Crippen LogP) is 3.25. The van der Waals surface area contributed by atoms with Gasteiger partial charge in [-0.3, -0.25) is 0 Å². The van der Waals surface area contributed by atoms with Gasteiger partial charge in [0.2, 0.25) is 0 Å². The highest BCUT2D eigenvalue weighted by atomic mass is 127. The Morgan fingerprint density at radius 1 is 1.23 bits per heavy atom. The summed E-state index contributed by atoms with van der Waals surface area (Å²) < 4.78 is 6.06. The van der Waals surface area contributed by atoms with Crippen LogP contribution in [0.4, 0.5) is 0 Å². The highest BCUT2D eigenvalue weighted by molar-refractivity contribution is 14.1. The molecule has 2 rings (SSSR count). The average molecular weight is 285 g/mol. The van der Waals surface area contributed by atoms with E-state index in [1.807, 2.05) is 12.1 Å². The third-order valence-electron chi connectivity index (χ3n) is 1.81. The van der Waals surface area contributed by atoms with Crippen molar-refractivity contribution in [3.63, 3.8) is 0 Å². The Balaban J connectivity index is 2.41. The monoisotopic (exact) mass is 285 g/mol. The molecule has 0 spiro atoms. The van der Waals surface area contributed by atoms with Crippen LogP contribution in [0.25, 0.3) is 11.3 Å². The molecule has 0 aliphatic carbocycles. The van der Waals surface area contributed by atoms with Gasteiger partial charge in [-0.2, -0.15) is 0 Å². The molecule has 0 saturated carbocycles. The van der Waals surface area contributed by atoms with Crippen LogP contribution in [0.2, 0.25) is 0 Å². The van der Waals surface area contributed by atoms with Gasteiger partial charge in [0.05, 0.1) is 6.20 Å². The average Bonchev–Trinajstić information content (AvgIpc) is 2.53. The lowest BCUT2D eigenvalue weighted by Crippen LogP contribution is -1.74. The summed E-state index contributed by atoms with van der Waals surface area (Å²) in [4.78, 5) is 4.04. The number of rotatable bonds is 1. The Bertz CT molecular complexity index is 405. The number of halogens is 1. The van der Waals surface area contributed by atoms with E-state index >= 15 is 0 Å². The molecule has 1 aromatic heterocycles. The van der Waals surface area contributed by atoms with E-state index in [2.05, 4.69) is 46.6 Å². The van der Waals surface area contributed by atoms with E-state index in [0.29, 0.717) is 3.90 Å². The zero-order chi connectivity index (χ0) is 9.26. The van der Waals surface area contributed by atoms with Gasteiger partial charge in [0.1, 0.15) is 0 Å². The number of nitrogens with zero attached hydrogens (tertiary/aromatic N) is 1. The van der Waals surface area contributed by atoms with Crippen LogP contribution in [0, 0.1) is 10.8 Å². The Morgan fingerprint density at radius 2 is 1.92 bits per heavy atom. The molecule has 0 aliphatic rings. The zero-order valence-electron chi connectivity index (χ0n) is 7.12. The van der Waals surface area contributed by atoms with Gasteiger partial charge in [-0.05, 0) is 6.92 Å². The van der Waals surface area contributed by atoms with E-state index in [1.165, 1.54) is 5.56 Å². The summed E-state index contributed by atoms with van der Waals surface area (Å²) in [6.45, 7) is 2.06. The van der Waals surface area contributed by atoms with Gasteiger partial charge in [0.15, 0.2) is 5.76 Å². The van der Waals surface area contributed by atoms with E-state index in [4.69, 9.17) is 4.42 Å². The molecule has 0 saturated heterocycles. The van der Waals surface area contributed by atoms with Gasteiger partial charge in [0, 0.05) is 28.2 Å². The van der Waals surface area contributed by atoms with Crippen molar-refractivity contribution in [1.29, 1.82) is 0 Å². The molecule has 3 heteroatoms. The van der Waals surface area contributed by atoms with Gasteiger partial charge < -0.3 is 4.42 Å². The highest BCUT2D eigenvalue weighted by Gasteiger charge is 2.02. The molecule has 1 aromatic carbocycles. The van der Waals surface area contributed by atoms with Gasteiger partial charge in [-0.1, -0.05) is 29.8 Å². The van der Waals surface area contributed by atoms with E-state index in [1.54, 1.807) is 6.20 Å². The summed E-state index contributed by atoms with van der Waals surface area (Å²) in [6, 6.07) is 8.19. The predicted molar refractivity (Wildman–Crippen MR) is 59.4 cm³/mol. The molecule has 0 atom stereocenters. The minimum absolute atomic E-state index is 0.674. The first-order chi connectivity index (χ1) is 6.25. The maximum atomic E-state index is 5.38. The van der Waals surface area contributed by atoms with Crippen LogP contribution in [0.5, 0.6) is 0 Å². The topological polar surface area (TPSA) is 26.0 Å². The van der Waals surface area contributed by atoms with Gasteiger partial charge in [0.25, 0.3) is 3.90 Å². The Labute approximate surface area is 90.1 Å². The molecule has 0 N–H and O–H groups in total. The van der Waals surface area contributed by atoms with Crippen LogP contribution in [-0.4, -0.2) is 4.98 Å². The van der Waals surface area contributed by atoms with Crippen molar-refractivity contribution in [3.05, 3.63) is 39.9 Å². The summed E-state index contributed by atoms with van der Waals surface area (Å²) >= 11 is 2.06. The van der Waals surface area contributed by atoms with Crippen LogP contribution in [0.1, 0.15) is 5.56 Å². The number of benzene rings is 1. The summed E-state index contributed by atoms with van der Waals surface area (Å²) in [6.07, 6.45) is 1.74. The van der Waals surface area contributed by atoms with Crippen LogP contribution in [-0.2, 0) is 0 Å². The number of aromatic nitrogens is 1. The molecule has 2 aromatic rings. The molecular weight excluding hydrogens is 277 g/mol. The lowest BCUT2D eigenvalue weighted by Gasteiger charge is -1.95. The van der Waals surface area contributed by atoms with E-state index < -0.39 is 0 Å². The lowest BCUT2D eigenvalue weighted by molar-refractivity contribution is 0.539. The summed E-state index contributed by atoms with van der Waals surface area (Å²) in [7, 11) is 0. The quantitative estimate of drug-likeness (QED) is 0.752. The van der Waals surface area contributed by atoms with Gasteiger partial charge >= 0.3 is 0 Å². The number of aryl methyl sites for hydroxylation is 1. The van der Waals surface area contributed by atoms with Crippen LogP contribution in [0.15, 0.2) is 34.9 Å². The highest BCUT2D eigenvalue weighted by Crippen LogP contribution is 2.20. The van der Waals surface area contributed by atoms with Crippen LogP contribution >= 0.6 is 22.6 Å². The number of oxazole rings is 1. The first-order valence-corrected chi connectivity index (χ1v) is 5.02. The lowest BCUT2D eigenvalue weighted by atomic mass is 10.1. The van der Waals surface area contributed by atoms with Gasteiger partial charge in [-0.25, -0.2) is 4.98 Å². The van der Waals surface area contributed by atoms with Crippen molar-refractivity contribution in [2.24, 2.45) is 0 Å². The molecule has 1 heterocycles. The van der Waals surface area contributed by atoms with Crippen molar-refractivity contribution in [1.82, 2.24) is 4.98 Å². The molecule has 13 heavy (non-hydrogen) atoms. The molecule has 0 fully saturated rings. The SMILES string of the molecule is Cc1ccc(-c2cnc(I)o2)cc1. The fraction of sp³-hybridized carbons (Fsp3) is 0.100. The third kappa shape index (κ3) is 1.91. The second-order valence-corrected chi connectivity index (χ2v) is 3.77. The zero-order valence-corrected chi connectivity index (χ0v) is 9.28. The Morgan fingerprint density at radius 3 is 2.46 bits per heavy atom. The summed E-state index contributed by atoms with van der Waals surface area (Å²) in [5, 5.41) is 0. The van der Waals surface area contributed by atoms with Crippen molar-refractivity contribution in [3.8, 4) is 11.3 Å². The molecule has 0 amide bonds. The maximum Gasteiger partial charge on any atom is 0.257 e. The van der Waals surface area contributed by atoms with Crippen LogP contribution < -0.4 is 0 Å². The minimum atomic E-state index is 0.674. The smallest absolute Gasteiger partial charge is 0.257 e. The van der Waals surface area contributed by atoms with E-state index in [9.17, 15) is 0 Å². The largest absolute Gasteiger partial charge is 0.432 e. The molecule has 66 valence electrons. The number of hydrogen-bond donors (Lipinski definition) is 0. The molecule has 2 nitrogen and oxygen atoms in total. The normalized spacial score (nSPS) is 10.3. The van der Waals surface area contributed by atoms with Crippen molar-refractivity contribution in [2.45, 2.75) is 6.92 Å². The second-order valence-electron chi connectivity index (χ2n) is 2.84. The molecule has 0 radical (unpaired) electrons. The molecule has 0 unspecified atom stereocenters. The Hall–Kier alpha value is -0.840. The molecule has 0 aliphatic heterocycles. The third-order valence-corrected chi connectivity index (χ3v) is 2.31. The van der Waals surface area contributed by atoms with Crippen LogP contribution in [0.3, 0.4) is 0 Å². The van der Waals surface area contributed by atoms with Crippen molar-refractivity contribution >= 4 is 22.6 Å². The first-order valence-electron chi connectivity index (χ1n) is 3.94. The summed E-state index contributed by atoms with van der Waals surface area (Å²) in [5.74, 6) is 0.824. The first kappa shape index (κ1) is 8.74. The molecular formula is C10H8INO. The standard InChI is InChI=1S/C10H8INO/c1-7-2-4-8(5-3-7)9-6-12-10(11)13-9/h2-6H,1H3. The second kappa shape index (κ2) is 3.49. The number of hydrogen-bond acceptors (Lipinski definition) is 2. The van der Waals surface area contributed by atoms with E-state index in [0.717, 1.165) is 11.3 Å². The van der Waals surface area contributed by atoms with Crippen molar-refractivity contribution < 1.29 is 4.42 Å². The van der Waals surface area contributed by atoms with Crippen molar-refractivity contribution in [2.75, 3.05) is 0 Å². The fourth-order valence-corrected chi connectivity index (χ4v) is 1.48. The maximum absolute atomic E-state index is 5.38.